The van der Waals surface area contributed by atoms with Crippen LogP contribution in [-0.4, -0.2) is 23.6 Å². The van der Waals surface area contributed by atoms with E-state index in [2.05, 4.69) is 22.2 Å². The zero-order valence-corrected chi connectivity index (χ0v) is 12.6. The number of nitrogens with one attached hydrogen (secondary N) is 1. The van der Waals surface area contributed by atoms with Crippen molar-refractivity contribution < 1.29 is 0 Å². The molecule has 0 aliphatic heterocycles. The molecule has 0 atom stereocenters. The summed E-state index contributed by atoms with van der Waals surface area (Å²) in [6.07, 6.45) is 3.60. The van der Waals surface area contributed by atoms with Gasteiger partial charge in [0.1, 0.15) is 5.82 Å². The van der Waals surface area contributed by atoms with Crippen molar-refractivity contribution in [1.29, 1.82) is 0 Å². The lowest BCUT2D eigenvalue weighted by molar-refractivity contribution is 0.706. The maximum Gasteiger partial charge on any atom is 0.147 e. The van der Waals surface area contributed by atoms with Gasteiger partial charge in [-0.1, -0.05) is 36.7 Å². The molecule has 4 nitrogen and oxygen atoms in total. The molecule has 20 heavy (non-hydrogen) atoms. The number of rotatable bonds is 6. The standard InChI is InChI=1S/C15H19ClN4/c1-3-17-8-13-9-19-15(10-18-13)20(2)11-12-6-4-5-7-14(12)16/h4-7,9-10,17H,3,8,11H2,1-2H3. The zero-order chi connectivity index (χ0) is 14.4. The normalized spacial score (nSPS) is 10.6. The maximum absolute atomic E-state index is 6.17. The molecule has 2 rings (SSSR count). The molecule has 0 saturated heterocycles. The minimum atomic E-state index is 0.709. The van der Waals surface area contributed by atoms with E-state index in [1.807, 2.05) is 36.2 Å². The van der Waals surface area contributed by atoms with Crippen LogP contribution in [0.4, 0.5) is 5.82 Å². The molecule has 0 aliphatic carbocycles. The van der Waals surface area contributed by atoms with Crippen LogP contribution in [0.2, 0.25) is 5.02 Å². The third-order valence-electron chi connectivity index (χ3n) is 3.00. The van der Waals surface area contributed by atoms with Gasteiger partial charge in [-0.05, 0) is 18.2 Å². The Morgan fingerprint density at radius 2 is 2.00 bits per heavy atom. The highest BCUT2D eigenvalue weighted by Crippen LogP contribution is 2.18. The number of hydrogen-bond acceptors (Lipinski definition) is 4. The number of anilines is 1. The molecule has 0 amide bonds. The fourth-order valence-electron chi connectivity index (χ4n) is 1.85. The van der Waals surface area contributed by atoms with Gasteiger partial charge in [-0.25, -0.2) is 4.98 Å². The van der Waals surface area contributed by atoms with Crippen LogP contribution in [0.15, 0.2) is 36.7 Å². The van der Waals surface area contributed by atoms with Gasteiger partial charge < -0.3 is 10.2 Å². The van der Waals surface area contributed by atoms with Crippen molar-refractivity contribution in [2.45, 2.75) is 20.0 Å². The third-order valence-corrected chi connectivity index (χ3v) is 3.37. The second-order valence-corrected chi connectivity index (χ2v) is 5.00. The van der Waals surface area contributed by atoms with Crippen LogP contribution in [-0.2, 0) is 13.1 Å². The van der Waals surface area contributed by atoms with Gasteiger partial charge in [-0.2, -0.15) is 0 Å². The molecule has 1 heterocycles. The van der Waals surface area contributed by atoms with Crippen LogP contribution in [0.25, 0.3) is 0 Å². The van der Waals surface area contributed by atoms with Crippen molar-refractivity contribution in [2.75, 3.05) is 18.5 Å². The van der Waals surface area contributed by atoms with Gasteiger partial charge >= 0.3 is 0 Å². The van der Waals surface area contributed by atoms with Gasteiger partial charge in [0, 0.05) is 25.2 Å². The molecule has 0 bridgehead atoms. The van der Waals surface area contributed by atoms with Crippen LogP contribution in [0.1, 0.15) is 18.2 Å². The van der Waals surface area contributed by atoms with Crippen molar-refractivity contribution in [2.24, 2.45) is 0 Å². The Morgan fingerprint density at radius 3 is 2.65 bits per heavy atom. The summed E-state index contributed by atoms with van der Waals surface area (Å²) in [5.41, 5.74) is 2.02. The summed E-state index contributed by atoms with van der Waals surface area (Å²) in [5.74, 6) is 0.838. The first kappa shape index (κ1) is 14.8. The molecule has 0 aliphatic rings. The fraction of sp³-hybridized carbons (Fsp3) is 0.333. The van der Waals surface area contributed by atoms with E-state index < -0.39 is 0 Å². The van der Waals surface area contributed by atoms with Gasteiger partial charge in [0.05, 0.1) is 18.1 Å². The van der Waals surface area contributed by atoms with Crippen LogP contribution >= 0.6 is 11.6 Å². The summed E-state index contributed by atoms with van der Waals surface area (Å²) in [5, 5.41) is 4.00. The molecule has 1 aromatic carbocycles. The zero-order valence-electron chi connectivity index (χ0n) is 11.8. The molecule has 0 saturated carbocycles. The number of hydrogen-bond donors (Lipinski definition) is 1. The lowest BCUT2D eigenvalue weighted by atomic mass is 10.2. The topological polar surface area (TPSA) is 41.1 Å². The van der Waals surface area contributed by atoms with Crippen LogP contribution in [0.3, 0.4) is 0 Å². The van der Waals surface area contributed by atoms with E-state index in [9.17, 15) is 0 Å². The molecule has 1 N–H and O–H groups in total. The monoisotopic (exact) mass is 290 g/mol. The number of nitrogens with zero attached hydrogens (tertiary/aromatic N) is 3. The van der Waals surface area contributed by atoms with E-state index in [4.69, 9.17) is 11.6 Å². The molecule has 0 unspecified atom stereocenters. The van der Waals surface area contributed by atoms with Crippen molar-refractivity contribution in [3.05, 3.63) is 52.9 Å². The minimum Gasteiger partial charge on any atom is -0.354 e. The SMILES string of the molecule is CCNCc1cnc(N(C)Cc2ccccc2Cl)cn1. The molecule has 0 spiro atoms. The summed E-state index contributed by atoms with van der Waals surface area (Å²) in [4.78, 5) is 10.9. The number of aromatic nitrogens is 2. The van der Waals surface area contributed by atoms with E-state index >= 15 is 0 Å². The van der Waals surface area contributed by atoms with Gasteiger partial charge in [0.25, 0.3) is 0 Å². The molecular weight excluding hydrogens is 272 g/mol. The number of halogens is 1. The van der Waals surface area contributed by atoms with Crippen LogP contribution in [0.5, 0.6) is 0 Å². The van der Waals surface area contributed by atoms with E-state index in [1.165, 1.54) is 0 Å². The fourth-order valence-corrected chi connectivity index (χ4v) is 2.05. The summed E-state index contributed by atoms with van der Waals surface area (Å²) in [6.45, 7) is 4.45. The first-order valence-electron chi connectivity index (χ1n) is 6.67. The highest BCUT2D eigenvalue weighted by molar-refractivity contribution is 6.31. The van der Waals surface area contributed by atoms with E-state index in [0.717, 1.165) is 35.2 Å². The summed E-state index contributed by atoms with van der Waals surface area (Å²) >= 11 is 6.17. The highest BCUT2D eigenvalue weighted by atomic mass is 35.5. The average Bonchev–Trinajstić information content (AvgIpc) is 2.48. The molecule has 0 radical (unpaired) electrons. The first-order chi connectivity index (χ1) is 9.70. The summed E-state index contributed by atoms with van der Waals surface area (Å²) in [7, 11) is 1.98. The predicted molar refractivity (Wildman–Crippen MR) is 83.0 cm³/mol. The highest BCUT2D eigenvalue weighted by Gasteiger charge is 2.06. The third kappa shape index (κ3) is 3.92. The second kappa shape index (κ2) is 7.22. The Bertz CT molecular complexity index is 542. The smallest absolute Gasteiger partial charge is 0.147 e. The van der Waals surface area contributed by atoms with E-state index in [0.29, 0.717) is 6.54 Å². The molecule has 1 aromatic heterocycles. The molecular formula is C15H19ClN4. The minimum absolute atomic E-state index is 0.709. The summed E-state index contributed by atoms with van der Waals surface area (Å²) in [6, 6.07) is 7.84. The first-order valence-corrected chi connectivity index (χ1v) is 7.04. The Morgan fingerprint density at radius 1 is 1.20 bits per heavy atom. The molecule has 0 fully saturated rings. The molecule has 106 valence electrons. The summed E-state index contributed by atoms with van der Waals surface area (Å²) < 4.78 is 0. The van der Waals surface area contributed by atoms with Gasteiger partial charge in [0.2, 0.25) is 0 Å². The maximum atomic E-state index is 6.17. The molecule has 5 heteroatoms. The predicted octanol–water partition coefficient (Wildman–Crippen LogP) is 2.88. The van der Waals surface area contributed by atoms with Crippen molar-refractivity contribution >= 4 is 17.4 Å². The van der Waals surface area contributed by atoms with Gasteiger partial charge in [-0.3, -0.25) is 4.98 Å². The Hall–Kier alpha value is -1.65. The lowest BCUT2D eigenvalue weighted by Gasteiger charge is -2.18. The Labute approximate surface area is 124 Å². The van der Waals surface area contributed by atoms with Crippen molar-refractivity contribution in [3.63, 3.8) is 0 Å². The van der Waals surface area contributed by atoms with E-state index in [1.54, 1.807) is 12.4 Å². The Kier molecular flexibility index (Phi) is 5.32. The van der Waals surface area contributed by atoms with Crippen molar-refractivity contribution in [1.82, 2.24) is 15.3 Å². The second-order valence-electron chi connectivity index (χ2n) is 4.59. The van der Waals surface area contributed by atoms with Crippen molar-refractivity contribution in [3.8, 4) is 0 Å². The van der Waals surface area contributed by atoms with Crippen LogP contribution in [0, 0.1) is 0 Å². The Balaban J connectivity index is 2.02. The van der Waals surface area contributed by atoms with Gasteiger partial charge in [0.15, 0.2) is 0 Å². The quantitative estimate of drug-likeness (QED) is 0.888. The largest absolute Gasteiger partial charge is 0.354 e. The van der Waals surface area contributed by atoms with E-state index in [-0.39, 0.29) is 0 Å². The lowest BCUT2D eigenvalue weighted by Crippen LogP contribution is -2.19. The molecule has 2 aromatic rings. The number of benzene rings is 1. The average molecular weight is 291 g/mol. The van der Waals surface area contributed by atoms with Crippen LogP contribution < -0.4 is 10.2 Å². The van der Waals surface area contributed by atoms with Gasteiger partial charge in [-0.15, -0.1) is 0 Å².